The molecule has 4 aliphatic rings. The molecule has 6 rings (SSSR count). The Morgan fingerprint density at radius 2 is 1.62 bits per heavy atom. The van der Waals surface area contributed by atoms with Crippen molar-refractivity contribution in [3.63, 3.8) is 0 Å². The third kappa shape index (κ3) is 7.74. The molecule has 9 heteroatoms. The molecule has 0 aromatic heterocycles. The number of hydrogen-bond donors (Lipinski definition) is 0. The van der Waals surface area contributed by atoms with E-state index in [1.165, 1.54) is 58.0 Å². The first-order chi connectivity index (χ1) is 21.6. The van der Waals surface area contributed by atoms with Gasteiger partial charge in [0.15, 0.2) is 0 Å². The molecule has 2 amide bonds. The van der Waals surface area contributed by atoms with Crippen LogP contribution in [0.1, 0.15) is 94.7 Å². The minimum atomic E-state index is -0.203. The lowest BCUT2D eigenvalue weighted by Gasteiger charge is -2.40. The van der Waals surface area contributed by atoms with E-state index in [1.54, 1.807) is 7.11 Å². The molecule has 1 saturated carbocycles. The molecular formula is C36H50Cl2N4O3. The van der Waals surface area contributed by atoms with Crippen molar-refractivity contribution in [1.82, 2.24) is 14.7 Å². The van der Waals surface area contributed by atoms with Crippen molar-refractivity contribution in [3.05, 3.63) is 58.6 Å². The Labute approximate surface area is 280 Å². The first-order valence-electron chi connectivity index (χ1n) is 17.0. The second-order valence-corrected chi connectivity index (χ2v) is 13.4. The zero-order valence-electron chi connectivity index (χ0n) is 27.0. The summed E-state index contributed by atoms with van der Waals surface area (Å²) in [7, 11) is 1.66. The van der Waals surface area contributed by atoms with Gasteiger partial charge in [0.2, 0.25) is 0 Å². The molecule has 0 radical (unpaired) electrons. The van der Waals surface area contributed by atoms with E-state index in [-0.39, 0.29) is 30.5 Å². The van der Waals surface area contributed by atoms with Gasteiger partial charge < -0.3 is 19.3 Å². The molecule has 2 atom stereocenters. The molecule has 3 fully saturated rings. The number of rotatable bonds is 9. The number of methoxy groups -OCH3 is 1. The van der Waals surface area contributed by atoms with Gasteiger partial charge in [0, 0.05) is 30.2 Å². The normalized spacial score (nSPS) is 23.1. The lowest BCUT2D eigenvalue weighted by molar-refractivity contribution is 0.117. The lowest BCUT2D eigenvalue weighted by Crippen LogP contribution is -2.52. The molecule has 0 unspecified atom stereocenters. The lowest BCUT2D eigenvalue weighted by atomic mass is 9.84. The number of carbonyl (C=O) groups is 1. The zero-order valence-corrected chi connectivity index (χ0v) is 28.5. The van der Waals surface area contributed by atoms with Crippen LogP contribution in [0.25, 0.3) is 0 Å². The number of benzene rings is 2. The first-order valence-corrected chi connectivity index (χ1v) is 17.4. The van der Waals surface area contributed by atoms with E-state index in [0.29, 0.717) is 29.3 Å². The van der Waals surface area contributed by atoms with Gasteiger partial charge in [-0.05, 0) is 94.3 Å². The molecule has 0 N–H and O–H groups in total. The van der Waals surface area contributed by atoms with Crippen molar-refractivity contribution in [2.24, 2.45) is 10.9 Å². The molecule has 2 aromatic rings. The number of piperidine rings is 1. The van der Waals surface area contributed by atoms with Crippen molar-refractivity contribution in [2.45, 2.75) is 95.7 Å². The van der Waals surface area contributed by atoms with E-state index in [2.05, 4.69) is 21.9 Å². The summed E-state index contributed by atoms with van der Waals surface area (Å²) in [6, 6.07) is 14.3. The van der Waals surface area contributed by atoms with E-state index in [1.807, 2.05) is 42.2 Å². The summed E-state index contributed by atoms with van der Waals surface area (Å²) in [5.41, 5.74) is 1.92. The Hall–Kier alpha value is -2.48. The average Bonchev–Trinajstić information content (AvgIpc) is 3.74. The Morgan fingerprint density at radius 3 is 2.29 bits per heavy atom. The van der Waals surface area contributed by atoms with Crippen LogP contribution in [0, 0.1) is 5.92 Å². The number of hydrogen-bond acceptors (Lipinski definition) is 5. The van der Waals surface area contributed by atoms with Gasteiger partial charge in [-0.15, -0.1) is 12.4 Å². The second-order valence-electron chi connectivity index (χ2n) is 13.0. The number of nitrogens with zero attached hydrogens (tertiary/aromatic N) is 4. The summed E-state index contributed by atoms with van der Waals surface area (Å²) in [6.45, 7) is 6.42. The van der Waals surface area contributed by atoms with Crippen molar-refractivity contribution in [2.75, 3.05) is 39.9 Å². The van der Waals surface area contributed by atoms with Gasteiger partial charge in [-0.2, -0.15) is 0 Å². The Kier molecular flexibility index (Phi) is 12.0. The van der Waals surface area contributed by atoms with Crippen molar-refractivity contribution in [3.8, 4) is 11.5 Å². The van der Waals surface area contributed by atoms with Crippen molar-refractivity contribution < 1.29 is 14.3 Å². The monoisotopic (exact) mass is 656 g/mol. The van der Waals surface area contributed by atoms with Crippen LogP contribution < -0.4 is 9.47 Å². The Balaban J connectivity index is 0.00000400. The number of amides is 2. The van der Waals surface area contributed by atoms with E-state index in [9.17, 15) is 4.79 Å². The minimum Gasteiger partial charge on any atom is -0.497 e. The summed E-state index contributed by atoms with van der Waals surface area (Å²) >= 11 is 6.36. The average molecular weight is 658 g/mol. The quantitative estimate of drug-likeness (QED) is 0.272. The van der Waals surface area contributed by atoms with Crippen LogP contribution in [0.4, 0.5) is 4.79 Å². The summed E-state index contributed by atoms with van der Waals surface area (Å²) in [4.78, 5) is 26.9. The second kappa shape index (κ2) is 15.9. The minimum absolute atomic E-state index is 0. The summed E-state index contributed by atoms with van der Waals surface area (Å²) in [5.74, 6) is 2.86. The summed E-state index contributed by atoms with van der Waals surface area (Å²) < 4.78 is 11.7. The number of ether oxygens (including phenoxy) is 2. The molecule has 2 aromatic carbocycles. The fraction of sp³-hybridized carbons (Fsp3) is 0.611. The van der Waals surface area contributed by atoms with E-state index >= 15 is 0 Å². The highest BCUT2D eigenvalue weighted by Gasteiger charge is 2.44. The summed E-state index contributed by atoms with van der Waals surface area (Å²) in [6.07, 6.45) is 13.3. The van der Waals surface area contributed by atoms with Crippen LogP contribution in [0.5, 0.6) is 11.5 Å². The predicted octanol–water partition coefficient (Wildman–Crippen LogP) is 8.38. The van der Waals surface area contributed by atoms with E-state index in [0.717, 1.165) is 61.6 Å². The maximum Gasteiger partial charge on any atom is 0.326 e. The molecule has 1 aliphatic carbocycles. The number of halogens is 2. The highest BCUT2D eigenvalue weighted by Crippen LogP contribution is 2.41. The fourth-order valence-corrected chi connectivity index (χ4v) is 8.04. The maximum atomic E-state index is 14.8. The number of aliphatic imine (C=N–C) groups is 1. The third-order valence-electron chi connectivity index (χ3n) is 10.3. The van der Waals surface area contributed by atoms with Crippen LogP contribution in [-0.4, -0.2) is 78.5 Å². The molecule has 0 spiro atoms. The SMILES string of the molecule is CCOc1cc(OC)ccc1C1=N[C@H](CCC2CCCCC2)[C@H](c2ccc(Cl)cc2)N1C(=O)N1CCC(N2CCCC2)CC1.Cl. The van der Waals surface area contributed by atoms with Gasteiger partial charge in [-0.1, -0.05) is 55.8 Å². The maximum absolute atomic E-state index is 14.8. The first kappa shape index (κ1) is 33.9. The van der Waals surface area contributed by atoms with Crippen LogP contribution >= 0.6 is 24.0 Å². The van der Waals surface area contributed by atoms with Crippen LogP contribution in [0.2, 0.25) is 5.02 Å². The number of urea groups is 1. The van der Waals surface area contributed by atoms with Crippen LogP contribution in [0.15, 0.2) is 47.5 Å². The van der Waals surface area contributed by atoms with Gasteiger partial charge in [-0.25, -0.2) is 4.79 Å². The van der Waals surface area contributed by atoms with Crippen molar-refractivity contribution >= 4 is 35.9 Å². The predicted molar refractivity (Wildman–Crippen MR) is 184 cm³/mol. The number of amidine groups is 1. The molecule has 0 bridgehead atoms. The number of likely N-dealkylation sites (tertiary alicyclic amines) is 2. The molecule has 2 saturated heterocycles. The largest absolute Gasteiger partial charge is 0.497 e. The van der Waals surface area contributed by atoms with E-state index in [4.69, 9.17) is 26.1 Å². The van der Waals surface area contributed by atoms with Crippen LogP contribution in [0.3, 0.4) is 0 Å². The van der Waals surface area contributed by atoms with Gasteiger partial charge >= 0.3 is 6.03 Å². The molecule has 3 aliphatic heterocycles. The topological polar surface area (TPSA) is 57.6 Å². The Bertz CT molecular complexity index is 1290. The standard InChI is InChI=1S/C36H49ClN4O3.ClH/c1-3-44-33-25-30(43-2)16-17-31(33)35-38-32(18-11-26-9-5-4-6-10-26)34(27-12-14-28(37)15-13-27)41(35)36(42)40-23-19-29(20-24-40)39-21-7-8-22-39;/h12-17,25-26,29,32,34H,3-11,18-24H2,1-2H3;1H/t32-,34+;/m1./s1. The number of carbonyl (C=O) groups excluding carboxylic acids is 1. The van der Waals surface area contributed by atoms with Gasteiger partial charge in [-0.3, -0.25) is 9.89 Å². The molecule has 45 heavy (non-hydrogen) atoms. The van der Waals surface area contributed by atoms with Gasteiger partial charge in [0.05, 0.1) is 31.4 Å². The third-order valence-corrected chi connectivity index (χ3v) is 10.5. The van der Waals surface area contributed by atoms with Crippen LogP contribution in [-0.2, 0) is 0 Å². The van der Waals surface area contributed by atoms with E-state index < -0.39 is 0 Å². The highest BCUT2D eigenvalue weighted by atomic mass is 35.5. The fourth-order valence-electron chi connectivity index (χ4n) is 7.91. The van der Waals surface area contributed by atoms with Gasteiger partial charge in [0.1, 0.15) is 17.3 Å². The molecule has 3 heterocycles. The molecule has 246 valence electrons. The zero-order chi connectivity index (χ0) is 30.5. The van der Waals surface area contributed by atoms with Crippen molar-refractivity contribution in [1.29, 1.82) is 0 Å². The smallest absolute Gasteiger partial charge is 0.326 e. The van der Waals surface area contributed by atoms with Gasteiger partial charge in [0.25, 0.3) is 0 Å². The summed E-state index contributed by atoms with van der Waals surface area (Å²) in [5, 5.41) is 0.697. The highest BCUT2D eigenvalue weighted by molar-refractivity contribution is 6.30. The molecule has 7 nitrogen and oxygen atoms in total. The Morgan fingerprint density at radius 1 is 0.911 bits per heavy atom. The molecular weight excluding hydrogens is 607 g/mol.